The van der Waals surface area contributed by atoms with Crippen LogP contribution in [0.15, 0.2) is 237 Å². The van der Waals surface area contributed by atoms with Crippen molar-refractivity contribution in [3.63, 3.8) is 0 Å². The van der Waals surface area contributed by atoms with Gasteiger partial charge in [0.25, 0.3) is 0 Å². The Morgan fingerprint density at radius 1 is 0.394 bits per heavy atom. The van der Waals surface area contributed by atoms with Crippen LogP contribution in [0, 0.1) is 0 Å². The minimum Gasteiger partial charge on any atom is -0.278 e. The number of hydrogen-bond acceptors (Lipinski definition) is 3. The summed E-state index contributed by atoms with van der Waals surface area (Å²) in [6.45, 7) is 4.85. The Balaban J connectivity index is 1.07. The van der Waals surface area contributed by atoms with E-state index in [0.29, 0.717) is 17.6 Å². The molecule has 6 heteroatoms. The van der Waals surface area contributed by atoms with Crippen LogP contribution in [0.5, 0.6) is 0 Å². The lowest BCUT2D eigenvalue weighted by molar-refractivity contribution is 0.646. The van der Waals surface area contributed by atoms with Gasteiger partial charge in [0.15, 0.2) is 19.7 Å². The Morgan fingerprint density at radius 2 is 0.833 bits per heavy atom. The number of rotatable bonds is 8. The van der Waals surface area contributed by atoms with Gasteiger partial charge in [0.1, 0.15) is 0 Å². The zero-order chi connectivity index (χ0) is 44.2. The van der Waals surface area contributed by atoms with Gasteiger partial charge < -0.3 is 0 Å². The quantitative estimate of drug-likeness (QED) is 0.113. The second kappa shape index (κ2) is 15.9. The molecule has 0 saturated carbocycles. The largest absolute Gasteiger partial charge is 0.278 e. The van der Waals surface area contributed by atoms with E-state index in [9.17, 15) is 0 Å². The Bertz CT molecular complexity index is 3430. The van der Waals surface area contributed by atoms with Crippen molar-refractivity contribution in [3.8, 4) is 28.7 Å². The third kappa shape index (κ3) is 6.32. The van der Waals surface area contributed by atoms with E-state index in [2.05, 4.69) is 237 Å². The van der Waals surface area contributed by atoms with E-state index in [-0.39, 0.29) is 12.1 Å². The first-order valence-corrected chi connectivity index (χ1v) is 24.8. The second-order valence-electron chi connectivity index (χ2n) is 17.9. The van der Waals surface area contributed by atoms with E-state index in [4.69, 9.17) is 15.0 Å². The maximum absolute atomic E-state index is 5.38. The van der Waals surface area contributed by atoms with Gasteiger partial charge in [-0.15, -0.1) is 0 Å². The summed E-state index contributed by atoms with van der Waals surface area (Å²) in [4.78, 5) is 15.9. The van der Waals surface area contributed by atoms with Crippen LogP contribution >= 0.6 is 0 Å². The molecule has 9 aromatic carbocycles. The van der Waals surface area contributed by atoms with Crippen molar-refractivity contribution in [1.82, 2.24) is 19.5 Å². The molecule has 0 N–H and O–H groups in total. The predicted octanol–water partition coefficient (Wildman–Crippen LogP) is 8.84. The normalized spacial score (nSPS) is 13.1. The number of hydrogen-bond donors (Lipinski definition) is 0. The molecular formula is C60H45BN4Si. The molecule has 1 aliphatic rings. The Hall–Kier alpha value is -7.93. The summed E-state index contributed by atoms with van der Waals surface area (Å²) >= 11 is 0. The van der Waals surface area contributed by atoms with Crippen LogP contribution in [-0.2, 0) is 5.41 Å². The van der Waals surface area contributed by atoms with Crippen molar-refractivity contribution in [2.75, 3.05) is 0 Å². The lowest BCUT2D eigenvalue weighted by atomic mass is 9.31. The fourth-order valence-corrected chi connectivity index (χ4v) is 15.7. The highest BCUT2D eigenvalue weighted by Crippen LogP contribution is 2.34. The van der Waals surface area contributed by atoms with Crippen LogP contribution in [0.1, 0.15) is 25.0 Å². The van der Waals surface area contributed by atoms with Gasteiger partial charge in [0.2, 0.25) is 12.7 Å². The third-order valence-corrected chi connectivity index (χ3v) is 18.7. The van der Waals surface area contributed by atoms with Crippen LogP contribution in [0.3, 0.4) is 0 Å². The number of aromatic nitrogens is 4. The molecule has 0 unspecified atom stereocenters. The van der Waals surface area contributed by atoms with E-state index >= 15 is 0 Å². The minimum atomic E-state index is -3.00. The topological polar surface area (TPSA) is 43.6 Å². The molecule has 4 nitrogen and oxygen atoms in total. The number of benzene rings is 9. The third-order valence-electron chi connectivity index (χ3n) is 14.0. The van der Waals surface area contributed by atoms with Crippen molar-refractivity contribution in [2.24, 2.45) is 0 Å². The van der Waals surface area contributed by atoms with Gasteiger partial charge in [-0.1, -0.05) is 255 Å². The average molecular weight is 861 g/mol. The molecule has 11 aromatic rings. The molecule has 1 aliphatic heterocycles. The van der Waals surface area contributed by atoms with E-state index in [0.717, 1.165) is 32.9 Å². The van der Waals surface area contributed by atoms with Crippen LogP contribution in [0.2, 0.25) is 0 Å². The monoisotopic (exact) mass is 860 g/mol. The summed E-state index contributed by atoms with van der Waals surface area (Å²) in [6, 6.07) is 86.3. The summed E-state index contributed by atoms with van der Waals surface area (Å²) in [5.74, 6) is 1.84. The molecule has 66 heavy (non-hydrogen) atoms. The lowest BCUT2D eigenvalue weighted by Gasteiger charge is -2.39. The predicted molar refractivity (Wildman–Crippen MR) is 278 cm³/mol. The van der Waals surface area contributed by atoms with Gasteiger partial charge in [-0.05, 0) is 44.0 Å². The maximum Gasteiger partial charge on any atom is 0.241 e. The molecule has 312 valence electrons. The van der Waals surface area contributed by atoms with Gasteiger partial charge in [-0.25, -0.2) is 4.98 Å². The molecule has 0 aliphatic carbocycles. The summed E-state index contributed by atoms with van der Waals surface area (Å²) in [7, 11) is -3.00. The van der Waals surface area contributed by atoms with Crippen LogP contribution in [0.25, 0.3) is 50.5 Å². The molecule has 2 aromatic heterocycles. The average Bonchev–Trinajstić information content (AvgIpc) is 3.72. The van der Waals surface area contributed by atoms with Crippen molar-refractivity contribution in [3.05, 3.63) is 248 Å². The minimum absolute atomic E-state index is 0.0953. The molecule has 0 spiro atoms. The first kappa shape index (κ1) is 39.6. The molecule has 0 radical (unpaired) electrons. The Morgan fingerprint density at radius 3 is 1.41 bits per heavy atom. The summed E-state index contributed by atoms with van der Waals surface area (Å²) in [6.07, 6.45) is 0. The van der Waals surface area contributed by atoms with E-state index in [1.165, 1.54) is 48.3 Å². The molecule has 0 bridgehead atoms. The number of para-hydroxylation sites is 2. The zero-order valence-electron chi connectivity index (χ0n) is 36.9. The van der Waals surface area contributed by atoms with Gasteiger partial charge in [-0.3, -0.25) is 4.57 Å². The Labute approximate surface area is 387 Å². The van der Waals surface area contributed by atoms with Gasteiger partial charge in [-0.2, -0.15) is 9.97 Å². The first-order valence-electron chi connectivity index (χ1n) is 22.8. The molecule has 0 fully saturated rings. The SMILES string of the molecule is CC1(C)c2ccccc2B(c2ccc([Si](c3ccccc3)(c3ccccc3)c3cccc(-c4nc(-c5ccccc5)nc(-n5c6ccccc6c6ccccc65)n4)c3)cc2)c2ccccc21. The highest BCUT2D eigenvalue weighted by Gasteiger charge is 2.43. The number of nitrogens with zero attached hydrogens (tertiary/aromatic N) is 4. The number of fused-ring (bicyclic) bond motifs is 5. The molecule has 12 rings (SSSR count). The van der Waals surface area contributed by atoms with Crippen molar-refractivity contribution >= 4 is 73.7 Å². The molecule has 0 atom stereocenters. The van der Waals surface area contributed by atoms with Crippen molar-refractivity contribution in [1.29, 1.82) is 0 Å². The van der Waals surface area contributed by atoms with Crippen molar-refractivity contribution < 1.29 is 0 Å². The zero-order valence-corrected chi connectivity index (χ0v) is 37.9. The van der Waals surface area contributed by atoms with Crippen LogP contribution < -0.4 is 37.1 Å². The van der Waals surface area contributed by atoms with Crippen LogP contribution in [0.4, 0.5) is 0 Å². The maximum atomic E-state index is 5.38. The van der Waals surface area contributed by atoms with E-state index in [1.807, 2.05) is 18.2 Å². The fourth-order valence-electron chi connectivity index (χ4n) is 10.9. The molecular weight excluding hydrogens is 816 g/mol. The highest BCUT2D eigenvalue weighted by molar-refractivity contribution is 7.20. The molecule has 3 heterocycles. The standard InChI is InChI=1S/C60H45BN4Si/c1-60(2)51-31-14-16-33-53(51)61(54-34-17-15-32-52(54)60)44-37-39-47(40-38-44)66(45-24-8-4-9-25-45,46-26-10-5-11-27-46)48-28-20-23-43(41-48)58-62-57(42-21-6-3-7-22-42)63-59(64-58)65-55-35-18-12-29-49(55)50-30-13-19-36-56(50)65/h3-41H,1-2H3. The fraction of sp³-hybridized carbons (Fsp3) is 0.0500. The van der Waals surface area contributed by atoms with E-state index < -0.39 is 8.07 Å². The lowest BCUT2D eigenvalue weighted by Crippen LogP contribution is -2.75. The molecule has 0 saturated heterocycles. The summed E-state index contributed by atoms with van der Waals surface area (Å²) < 4.78 is 2.19. The van der Waals surface area contributed by atoms with Gasteiger partial charge >= 0.3 is 0 Å². The van der Waals surface area contributed by atoms with Gasteiger partial charge in [0, 0.05) is 27.3 Å². The summed E-state index contributed by atoms with van der Waals surface area (Å²) in [5.41, 5.74) is 10.7. The van der Waals surface area contributed by atoms with Crippen LogP contribution in [-0.4, -0.2) is 34.3 Å². The van der Waals surface area contributed by atoms with Gasteiger partial charge in [0.05, 0.1) is 11.0 Å². The second-order valence-corrected chi connectivity index (χ2v) is 21.7. The van der Waals surface area contributed by atoms with Crippen molar-refractivity contribution in [2.45, 2.75) is 19.3 Å². The highest BCUT2D eigenvalue weighted by atomic mass is 28.3. The summed E-state index contributed by atoms with van der Waals surface area (Å²) in [5, 5.41) is 7.49. The molecule has 0 amide bonds. The Kier molecular flexibility index (Phi) is 9.58. The first-order chi connectivity index (χ1) is 32.5. The smallest absolute Gasteiger partial charge is 0.241 e. The van der Waals surface area contributed by atoms with E-state index in [1.54, 1.807) is 0 Å².